The highest BCUT2D eigenvalue weighted by Gasteiger charge is 2.30. The van der Waals surface area contributed by atoms with Crippen LogP contribution in [-0.2, 0) is 9.53 Å². The average Bonchev–Trinajstić information content (AvgIpc) is 2.32. The maximum atomic E-state index is 13.6. The number of carbonyl (C=O) groups is 1. The number of rotatable bonds is 4. The number of carbonyl (C=O) groups excluding carboxylic acids is 1. The number of ether oxygens (including phenoxy) is 2. The first kappa shape index (κ1) is 14.8. The van der Waals surface area contributed by atoms with E-state index in [1.807, 2.05) is 0 Å². The van der Waals surface area contributed by atoms with E-state index in [0.717, 1.165) is 6.07 Å². The zero-order valence-corrected chi connectivity index (χ0v) is 11.3. The third-order valence-corrected chi connectivity index (χ3v) is 2.74. The lowest BCUT2D eigenvalue weighted by Gasteiger charge is -2.16. The molecule has 0 amide bonds. The molecule has 0 saturated carbocycles. The Hall–Kier alpha value is -1.21. The van der Waals surface area contributed by atoms with E-state index in [1.54, 1.807) is 0 Å². The van der Waals surface area contributed by atoms with Gasteiger partial charge in [0.15, 0.2) is 17.7 Å². The fourth-order valence-electron chi connectivity index (χ4n) is 1.39. The molecule has 1 N–H and O–H groups in total. The van der Waals surface area contributed by atoms with Crippen molar-refractivity contribution in [2.45, 2.75) is 13.0 Å². The summed E-state index contributed by atoms with van der Waals surface area (Å²) < 4.78 is 36.3. The molecular weight excluding hydrogens is 314 g/mol. The van der Waals surface area contributed by atoms with Crippen molar-refractivity contribution in [3.63, 3.8) is 0 Å². The van der Waals surface area contributed by atoms with Crippen LogP contribution in [0.25, 0.3) is 0 Å². The van der Waals surface area contributed by atoms with Crippen LogP contribution in [0.4, 0.5) is 8.78 Å². The quantitative estimate of drug-likeness (QED) is 0.682. The van der Waals surface area contributed by atoms with Crippen LogP contribution in [0.2, 0.25) is 0 Å². The summed E-state index contributed by atoms with van der Waals surface area (Å²) in [5.74, 6) is -3.79. The molecule has 0 saturated heterocycles. The molecule has 4 nitrogen and oxygen atoms in total. The molecular formula is C11H11BrF2O4. The molecule has 0 aliphatic carbocycles. The number of aliphatic hydroxyl groups excluding tert-OH is 1. The maximum absolute atomic E-state index is 13.6. The summed E-state index contributed by atoms with van der Waals surface area (Å²) in [5.41, 5.74) is -0.595. The number of hydrogen-bond donors (Lipinski definition) is 1. The predicted octanol–water partition coefficient (Wildman–Crippen LogP) is 2.33. The van der Waals surface area contributed by atoms with Gasteiger partial charge in [0.1, 0.15) is 5.75 Å². The van der Waals surface area contributed by atoms with E-state index in [2.05, 4.69) is 20.7 Å². The third kappa shape index (κ3) is 2.78. The third-order valence-electron chi connectivity index (χ3n) is 2.15. The topological polar surface area (TPSA) is 55.8 Å². The molecule has 0 fully saturated rings. The second-order valence-electron chi connectivity index (χ2n) is 3.26. The van der Waals surface area contributed by atoms with E-state index < -0.39 is 29.3 Å². The molecule has 0 aliphatic rings. The number of benzene rings is 1. The van der Waals surface area contributed by atoms with E-state index in [9.17, 15) is 18.7 Å². The minimum Gasteiger partial charge on any atom is -0.495 e. The maximum Gasteiger partial charge on any atom is 0.339 e. The van der Waals surface area contributed by atoms with E-state index in [0.29, 0.717) is 0 Å². The SMILES string of the molecule is CCOC(=O)C(O)c1c(F)c(F)cc(Br)c1OC. The fraction of sp³-hybridized carbons (Fsp3) is 0.364. The molecule has 0 heterocycles. The molecule has 0 radical (unpaired) electrons. The number of methoxy groups -OCH3 is 1. The van der Waals surface area contributed by atoms with Crippen molar-refractivity contribution in [2.24, 2.45) is 0 Å². The van der Waals surface area contributed by atoms with E-state index in [1.165, 1.54) is 14.0 Å². The van der Waals surface area contributed by atoms with Crippen LogP contribution in [0.15, 0.2) is 10.5 Å². The smallest absolute Gasteiger partial charge is 0.339 e. The van der Waals surface area contributed by atoms with Crippen LogP contribution >= 0.6 is 15.9 Å². The number of halogens is 3. The van der Waals surface area contributed by atoms with Crippen LogP contribution in [0, 0.1) is 11.6 Å². The molecule has 0 spiro atoms. The van der Waals surface area contributed by atoms with Crippen molar-refractivity contribution in [1.29, 1.82) is 0 Å². The minimum atomic E-state index is -1.95. The predicted molar refractivity (Wildman–Crippen MR) is 62.2 cm³/mol. The molecule has 1 aromatic carbocycles. The lowest BCUT2D eigenvalue weighted by atomic mass is 10.1. The normalized spacial score (nSPS) is 12.1. The van der Waals surface area contributed by atoms with Gasteiger partial charge in [-0.15, -0.1) is 0 Å². The van der Waals surface area contributed by atoms with Crippen LogP contribution in [-0.4, -0.2) is 24.8 Å². The van der Waals surface area contributed by atoms with Gasteiger partial charge in [0.25, 0.3) is 0 Å². The van der Waals surface area contributed by atoms with Crippen LogP contribution in [0.1, 0.15) is 18.6 Å². The van der Waals surface area contributed by atoms with Crippen LogP contribution < -0.4 is 4.74 Å². The average molecular weight is 325 g/mol. The molecule has 18 heavy (non-hydrogen) atoms. The molecule has 1 aromatic rings. The first-order valence-corrected chi connectivity index (χ1v) is 5.79. The Balaban J connectivity index is 3.33. The van der Waals surface area contributed by atoms with Gasteiger partial charge >= 0.3 is 5.97 Å². The van der Waals surface area contributed by atoms with Gasteiger partial charge in [0.2, 0.25) is 0 Å². The summed E-state index contributed by atoms with van der Waals surface area (Å²) in [7, 11) is 1.21. The molecule has 0 bridgehead atoms. The second-order valence-corrected chi connectivity index (χ2v) is 4.11. The summed E-state index contributed by atoms with van der Waals surface area (Å²) in [6.45, 7) is 1.54. The van der Waals surface area contributed by atoms with Crippen molar-refractivity contribution >= 4 is 21.9 Å². The first-order valence-electron chi connectivity index (χ1n) is 5.00. The van der Waals surface area contributed by atoms with Crippen LogP contribution in [0.3, 0.4) is 0 Å². The van der Waals surface area contributed by atoms with E-state index >= 15 is 0 Å². The molecule has 1 rings (SSSR count). The largest absolute Gasteiger partial charge is 0.495 e. The zero-order valence-electron chi connectivity index (χ0n) is 9.67. The number of hydrogen-bond acceptors (Lipinski definition) is 4. The van der Waals surface area contributed by atoms with E-state index in [-0.39, 0.29) is 16.8 Å². The van der Waals surface area contributed by atoms with E-state index in [4.69, 9.17) is 4.74 Å². The van der Waals surface area contributed by atoms with Gasteiger partial charge in [-0.05, 0) is 28.9 Å². The van der Waals surface area contributed by atoms with Gasteiger partial charge in [-0.1, -0.05) is 0 Å². The minimum absolute atomic E-state index is 0.0102. The lowest BCUT2D eigenvalue weighted by Crippen LogP contribution is -2.18. The number of esters is 1. The van der Waals surface area contributed by atoms with Crippen molar-refractivity contribution in [3.8, 4) is 5.75 Å². The standard InChI is InChI=1S/C11H11BrF2O4/c1-3-18-11(16)9(15)7-8(14)6(13)4-5(12)10(7)17-2/h4,9,15H,3H2,1-2H3. The van der Waals surface area contributed by atoms with Crippen molar-refractivity contribution in [1.82, 2.24) is 0 Å². The van der Waals surface area contributed by atoms with Gasteiger partial charge in [-0.25, -0.2) is 13.6 Å². The molecule has 1 atom stereocenters. The molecule has 1 unspecified atom stereocenters. The lowest BCUT2D eigenvalue weighted by molar-refractivity contribution is -0.153. The van der Waals surface area contributed by atoms with Gasteiger partial charge in [0.05, 0.1) is 23.8 Å². The summed E-state index contributed by atoms with van der Waals surface area (Å²) in [5, 5.41) is 9.68. The summed E-state index contributed by atoms with van der Waals surface area (Å²) in [6.07, 6.45) is -1.95. The highest BCUT2D eigenvalue weighted by Crippen LogP contribution is 2.36. The molecule has 0 aromatic heterocycles. The summed E-state index contributed by atoms with van der Waals surface area (Å²) >= 11 is 2.95. The Kier molecular flexibility index (Phi) is 5.03. The Labute approximate surface area is 111 Å². The van der Waals surface area contributed by atoms with Gasteiger partial charge in [-0.2, -0.15) is 0 Å². The van der Waals surface area contributed by atoms with Gasteiger partial charge < -0.3 is 14.6 Å². The highest BCUT2D eigenvalue weighted by atomic mass is 79.9. The van der Waals surface area contributed by atoms with Crippen LogP contribution in [0.5, 0.6) is 5.75 Å². The fourth-order valence-corrected chi connectivity index (χ4v) is 1.96. The van der Waals surface area contributed by atoms with Crippen molar-refractivity contribution in [2.75, 3.05) is 13.7 Å². The first-order chi connectivity index (χ1) is 8.43. The molecule has 0 aliphatic heterocycles. The Morgan fingerprint density at radius 1 is 1.56 bits per heavy atom. The highest BCUT2D eigenvalue weighted by molar-refractivity contribution is 9.10. The van der Waals surface area contributed by atoms with Gasteiger partial charge in [-0.3, -0.25) is 0 Å². The monoisotopic (exact) mass is 324 g/mol. The molecule has 7 heteroatoms. The Morgan fingerprint density at radius 2 is 2.17 bits per heavy atom. The Morgan fingerprint density at radius 3 is 2.67 bits per heavy atom. The summed E-state index contributed by atoms with van der Waals surface area (Å²) in [4.78, 5) is 11.4. The zero-order chi connectivity index (χ0) is 13.9. The van der Waals surface area contributed by atoms with Gasteiger partial charge in [0, 0.05) is 0 Å². The number of aliphatic hydroxyl groups is 1. The Bertz CT molecular complexity index is 465. The van der Waals surface area contributed by atoms with Crippen molar-refractivity contribution in [3.05, 3.63) is 27.7 Å². The summed E-state index contributed by atoms with van der Waals surface area (Å²) in [6, 6.07) is 0.843. The second kappa shape index (κ2) is 6.10. The molecule has 100 valence electrons. The van der Waals surface area contributed by atoms with Crippen molar-refractivity contribution < 1.29 is 28.2 Å².